The highest BCUT2D eigenvalue weighted by Crippen LogP contribution is 2.29. The third-order valence-corrected chi connectivity index (χ3v) is 7.03. The normalized spacial score (nSPS) is 16.1. The molecule has 2 aromatic carbocycles. The van der Waals surface area contributed by atoms with E-state index in [0.29, 0.717) is 25.9 Å². The fraction of sp³-hybridized carbons (Fsp3) is 0.316. The number of para-hydroxylation sites is 1. The number of carbonyl (C=O) groups excluding carboxylic acids is 1. The van der Waals surface area contributed by atoms with E-state index in [4.69, 9.17) is 23.2 Å². The third-order valence-electron chi connectivity index (χ3n) is 4.54. The maximum absolute atomic E-state index is 12.6. The van der Waals surface area contributed by atoms with Crippen molar-refractivity contribution < 1.29 is 13.2 Å². The second-order valence-electron chi connectivity index (χ2n) is 6.64. The summed E-state index contributed by atoms with van der Waals surface area (Å²) in [4.78, 5) is 14.1. The number of piperidine rings is 1. The second-order valence-corrected chi connectivity index (χ2v) is 9.11. The first-order chi connectivity index (χ1) is 13.3. The predicted octanol–water partition coefficient (Wildman–Crippen LogP) is 3.37. The smallest absolute Gasteiger partial charge is 0.242 e. The van der Waals surface area contributed by atoms with Gasteiger partial charge in [0, 0.05) is 24.8 Å². The predicted molar refractivity (Wildman–Crippen MR) is 111 cm³/mol. The summed E-state index contributed by atoms with van der Waals surface area (Å²) in [5, 5.41) is 3.07. The molecule has 0 unspecified atom stereocenters. The van der Waals surface area contributed by atoms with Gasteiger partial charge >= 0.3 is 0 Å². The van der Waals surface area contributed by atoms with Gasteiger partial charge in [-0.05, 0) is 37.1 Å². The highest BCUT2D eigenvalue weighted by atomic mass is 35.5. The summed E-state index contributed by atoms with van der Waals surface area (Å²) in [6.45, 7) is 1.52. The van der Waals surface area contributed by atoms with Gasteiger partial charge < -0.3 is 5.32 Å². The van der Waals surface area contributed by atoms with Gasteiger partial charge in [-0.2, -0.15) is 0 Å². The van der Waals surface area contributed by atoms with Gasteiger partial charge in [0.1, 0.15) is 4.90 Å². The molecule has 0 aromatic heterocycles. The molecular formula is C19H21Cl2N3O3S. The van der Waals surface area contributed by atoms with Crippen LogP contribution in [-0.4, -0.2) is 44.9 Å². The number of sulfonamides is 1. The lowest BCUT2D eigenvalue weighted by Gasteiger charge is -2.31. The van der Waals surface area contributed by atoms with Crippen molar-refractivity contribution in [2.24, 2.45) is 0 Å². The van der Waals surface area contributed by atoms with Gasteiger partial charge in [0.25, 0.3) is 0 Å². The zero-order valence-corrected chi connectivity index (χ0v) is 17.4. The quantitative estimate of drug-likeness (QED) is 0.719. The molecule has 0 saturated carbocycles. The molecule has 6 nitrogen and oxygen atoms in total. The Labute approximate surface area is 174 Å². The lowest BCUT2D eigenvalue weighted by Crippen LogP contribution is -2.46. The summed E-state index contributed by atoms with van der Waals surface area (Å²) in [5.74, 6) is -0.0871. The van der Waals surface area contributed by atoms with Crippen molar-refractivity contribution in [2.45, 2.75) is 23.8 Å². The molecule has 1 fully saturated rings. The minimum atomic E-state index is -3.76. The minimum absolute atomic E-state index is 0.0201. The van der Waals surface area contributed by atoms with Crippen LogP contribution in [0.2, 0.25) is 10.0 Å². The van der Waals surface area contributed by atoms with E-state index < -0.39 is 10.0 Å². The van der Waals surface area contributed by atoms with E-state index in [-0.39, 0.29) is 33.4 Å². The number of amides is 1. The molecule has 0 bridgehead atoms. The first kappa shape index (κ1) is 21.1. The molecule has 9 heteroatoms. The van der Waals surface area contributed by atoms with Crippen LogP contribution in [0, 0.1) is 0 Å². The molecule has 0 aliphatic carbocycles. The van der Waals surface area contributed by atoms with E-state index >= 15 is 0 Å². The lowest BCUT2D eigenvalue weighted by molar-refractivity contribution is -0.117. The molecular weight excluding hydrogens is 421 g/mol. The highest BCUT2D eigenvalue weighted by molar-refractivity contribution is 7.89. The van der Waals surface area contributed by atoms with Crippen LogP contribution in [0.15, 0.2) is 53.4 Å². The van der Waals surface area contributed by atoms with E-state index in [1.807, 2.05) is 35.2 Å². The van der Waals surface area contributed by atoms with Crippen molar-refractivity contribution in [3.8, 4) is 0 Å². The van der Waals surface area contributed by atoms with Crippen LogP contribution < -0.4 is 10.0 Å². The van der Waals surface area contributed by atoms with Gasteiger partial charge in [-0.3, -0.25) is 9.69 Å². The zero-order valence-electron chi connectivity index (χ0n) is 15.1. The summed E-state index contributed by atoms with van der Waals surface area (Å²) in [6, 6.07) is 13.6. The Morgan fingerprint density at radius 1 is 1.04 bits per heavy atom. The number of benzene rings is 2. The fourth-order valence-corrected chi connectivity index (χ4v) is 5.17. The van der Waals surface area contributed by atoms with Gasteiger partial charge in [-0.15, -0.1) is 0 Å². The van der Waals surface area contributed by atoms with Crippen molar-refractivity contribution in [2.75, 3.05) is 25.0 Å². The maximum Gasteiger partial charge on any atom is 0.242 e. The first-order valence-electron chi connectivity index (χ1n) is 8.89. The fourth-order valence-electron chi connectivity index (χ4n) is 3.11. The number of rotatable bonds is 6. The van der Waals surface area contributed by atoms with Crippen LogP contribution in [0.3, 0.4) is 0 Å². The Bertz CT molecular complexity index is 931. The molecule has 2 N–H and O–H groups in total. The van der Waals surface area contributed by atoms with Crippen LogP contribution in [-0.2, 0) is 14.8 Å². The van der Waals surface area contributed by atoms with E-state index in [2.05, 4.69) is 10.0 Å². The van der Waals surface area contributed by atoms with Crippen LogP contribution in [0.25, 0.3) is 0 Å². The summed E-state index contributed by atoms with van der Waals surface area (Å²) >= 11 is 12.0. The molecule has 1 saturated heterocycles. The molecule has 150 valence electrons. The van der Waals surface area contributed by atoms with Gasteiger partial charge in [0.05, 0.1) is 16.6 Å². The molecule has 0 spiro atoms. The molecule has 1 amide bonds. The van der Waals surface area contributed by atoms with Crippen LogP contribution in [0.5, 0.6) is 0 Å². The van der Waals surface area contributed by atoms with E-state index in [1.165, 1.54) is 6.07 Å². The molecule has 28 heavy (non-hydrogen) atoms. The molecule has 3 rings (SSSR count). The third kappa shape index (κ3) is 5.46. The van der Waals surface area contributed by atoms with Crippen molar-refractivity contribution in [3.63, 3.8) is 0 Å². The van der Waals surface area contributed by atoms with E-state index in [1.54, 1.807) is 12.1 Å². The molecule has 0 atom stereocenters. The number of nitrogens with one attached hydrogen (secondary N) is 2. The van der Waals surface area contributed by atoms with E-state index in [9.17, 15) is 13.2 Å². The summed E-state index contributed by atoms with van der Waals surface area (Å²) in [7, 11) is -3.76. The van der Waals surface area contributed by atoms with Gasteiger partial charge in [0.15, 0.2) is 0 Å². The van der Waals surface area contributed by atoms with Crippen LogP contribution >= 0.6 is 23.2 Å². The molecule has 1 heterocycles. The Balaban J connectivity index is 1.51. The average Bonchev–Trinajstić information content (AvgIpc) is 2.66. The monoisotopic (exact) mass is 441 g/mol. The lowest BCUT2D eigenvalue weighted by atomic mass is 10.1. The summed E-state index contributed by atoms with van der Waals surface area (Å²) in [5.41, 5.74) is 0.758. The Morgan fingerprint density at radius 2 is 1.71 bits per heavy atom. The van der Waals surface area contributed by atoms with Gasteiger partial charge in [0.2, 0.25) is 15.9 Å². The average molecular weight is 442 g/mol. The maximum atomic E-state index is 12.6. The molecule has 1 aliphatic heterocycles. The summed E-state index contributed by atoms with van der Waals surface area (Å²) in [6.07, 6.45) is 1.21. The van der Waals surface area contributed by atoms with Crippen LogP contribution in [0.4, 0.5) is 5.69 Å². The van der Waals surface area contributed by atoms with Gasteiger partial charge in [-0.25, -0.2) is 13.1 Å². The molecule has 2 aromatic rings. The molecule has 0 radical (unpaired) electrons. The van der Waals surface area contributed by atoms with Gasteiger partial charge in [-0.1, -0.05) is 47.5 Å². The number of hydrogen-bond acceptors (Lipinski definition) is 4. The number of nitrogens with zero attached hydrogens (tertiary/aromatic N) is 1. The minimum Gasteiger partial charge on any atom is -0.325 e. The van der Waals surface area contributed by atoms with Crippen molar-refractivity contribution >= 4 is 44.8 Å². The zero-order chi connectivity index (χ0) is 20.1. The van der Waals surface area contributed by atoms with E-state index in [0.717, 1.165) is 5.69 Å². The Hall–Kier alpha value is -1.64. The largest absolute Gasteiger partial charge is 0.325 e. The number of anilines is 1. The number of halogens is 2. The van der Waals surface area contributed by atoms with Crippen LogP contribution in [0.1, 0.15) is 12.8 Å². The van der Waals surface area contributed by atoms with Crippen molar-refractivity contribution in [3.05, 3.63) is 58.6 Å². The second kappa shape index (κ2) is 9.24. The van der Waals surface area contributed by atoms with Crippen molar-refractivity contribution in [1.82, 2.24) is 9.62 Å². The Kier molecular flexibility index (Phi) is 6.95. The first-order valence-corrected chi connectivity index (χ1v) is 11.1. The number of carbonyl (C=O) groups is 1. The number of likely N-dealkylation sites (tertiary alicyclic amines) is 1. The SMILES string of the molecule is O=C(CN1CCC(NS(=O)(=O)c2cccc(Cl)c2Cl)CC1)Nc1ccccc1. The number of hydrogen-bond donors (Lipinski definition) is 2. The highest BCUT2D eigenvalue weighted by Gasteiger charge is 2.27. The standard InChI is InChI=1S/C19H21Cl2N3O3S/c20-16-7-4-8-17(19(16)21)28(26,27)23-15-9-11-24(12-10-15)13-18(25)22-14-5-2-1-3-6-14/h1-8,15,23H,9-13H2,(H,22,25). The van der Waals surface area contributed by atoms with Crippen molar-refractivity contribution in [1.29, 1.82) is 0 Å². The molecule has 1 aliphatic rings. The Morgan fingerprint density at radius 3 is 2.39 bits per heavy atom. The topological polar surface area (TPSA) is 78.5 Å². The summed E-state index contributed by atoms with van der Waals surface area (Å²) < 4.78 is 27.9.